The number of aromatic nitrogens is 1. The SMILES string of the molecule is CNc1cncc(Nc2ccc(OC)cc2)c1. The number of nitrogens with one attached hydrogen (secondary N) is 2. The number of pyridine rings is 1. The predicted octanol–water partition coefficient (Wildman–Crippen LogP) is 2.88. The van der Waals surface area contributed by atoms with Crippen molar-refractivity contribution >= 4 is 17.1 Å². The minimum Gasteiger partial charge on any atom is -0.497 e. The normalized spacial score (nSPS) is 9.76. The van der Waals surface area contributed by atoms with Gasteiger partial charge in [0, 0.05) is 12.7 Å². The Hall–Kier alpha value is -2.23. The van der Waals surface area contributed by atoms with Crippen LogP contribution in [-0.4, -0.2) is 19.1 Å². The van der Waals surface area contributed by atoms with E-state index in [9.17, 15) is 0 Å². The number of hydrogen-bond acceptors (Lipinski definition) is 4. The highest BCUT2D eigenvalue weighted by Gasteiger charge is 1.97. The van der Waals surface area contributed by atoms with Crippen LogP contribution in [0.4, 0.5) is 17.1 Å². The van der Waals surface area contributed by atoms with Gasteiger partial charge in [-0.2, -0.15) is 0 Å². The molecule has 4 heteroatoms. The molecule has 2 N–H and O–H groups in total. The Morgan fingerprint density at radius 2 is 1.71 bits per heavy atom. The number of ether oxygens (including phenoxy) is 1. The fourth-order valence-electron chi connectivity index (χ4n) is 1.49. The van der Waals surface area contributed by atoms with Crippen molar-refractivity contribution in [2.75, 3.05) is 24.8 Å². The zero-order valence-electron chi connectivity index (χ0n) is 9.90. The van der Waals surface area contributed by atoms with Crippen molar-refractivity contribution in [1.29, 1.82) is 0 Å². The van der Waals surface area contributed by atoms with Crippen molar-refractivity contribution < 1.29 is 4.74 Å². The molecule has 0 aliphatic heterocycles. The summed E-state index contributed by atoms with van der Waals surface area (Å²) in [5.41, 5.74) is 2.92. The Balaban J connectivity index is 2.13. The van der Waals surface area contributed by atoms with Gasteiger partial charge < -0.3 is 15.4 Å². The van der Waals surface area contributed by atoms with E-state index in [1.807, 2.05) is 37.4 Å². The summed E-state index contributed by atoms with van der Waals surface area (Å²) in [7, 11) is 3.52. The molecule has 0 saturated heterocycles. The first-order valence-corrected chi connectivity index (χ1v) is 5.35. The highest BCUT2D eigenvalue weighted by atomic mass is 16.5. The van der Waals surface area contributed by atoms with Crippen LogP contribution in [0.3, 0.4) is 0 Å². The lowest BCUT2D eigenvalue weighted by atomic mass is 10.3. The van der Waals surface area contributed by atoms with Crippen LogP contribution in [0.2, 0.25) is 0 Å². The number of hydrogen-bond donors (Lipinski definition) is 2. The summed E-state index contributed by atoms with van der Waals surface area (Å²) in [5.74, 6) is 0.845. The monoisotopic (exact) mass is 229 g/mol. The minimum atomic E-state index is 0.845. The number of methoxy groups -OCH3 is 1. The van der Waals surface area contributed by atoms with E-state index in [2.05, 4.69) is 15.6 Å². The van der Waals surface area contributed by atoms with Crippen LogP contribution in [0.15, 0.2) is 42.7 Å². The largest absolute Gasteiger partial charge is 0.497 e. The van der Waals surface area contributed by atoms with Crippen LogP contribution >= 0.6 is 0 Å². The van der Waals surface area contributed by atoms with Gasteiger partial charge in [0.25, 0.3) is 0 Å². The zero-order chi connectivity index (χ0) is 12.1. The Bertz CT molecular complexity index is 482. The van der Waals surface area contributed by atoms with Crippen LogP contribution in [0.1, 0.15) is 0 Å². The van der Waals surface area contributed by atoms with Gasteiger partial charge in [0.05, 0.1) is 30.9 Å². The van der Waals surface area contributed by atoms with E-state index < -0.39 is 0 Å². The second kappa shape index (κ2) is 5.21. The molecule has 0 amide bonds. The maximum Gasteiger partial charge on any atom is 0.119 e. The molecule has 1 aromatic carbocycles. The molecule has 17 heavy (non-hydrogen) atoms. The molecular weight excluding hydrogens is 214 g/mol. The predicted molar refractivity (Wildman–Crippen MR) is 70.1 cm³/mol. The van der Waals surface area contributed by atoms with Crippen molar-refractivity contribution in [3.8, 4) is 5.75 Å². The van der Waals surface area contributed by atoms with Crippen molar-refractivity contribution in [3.05, 3.63) is 42.7 Å². The molecule has 0 aliphatic carbocycles. The molecule has 0 bridgehead atoms. The molecule has 88 valence electrons. The Morgan fingerprint density at radius 3 is 2.35 bits per heavy atom. The summed E-state index contributed by atoms with van der Waals surface area (Å²) in [6.45, 7) is 0. The molecule has 0 saturated carbocycles. The van der Waals surface area contributed by atoms with Crippen LogP contribution in [0.5, 0.6) is 5.75 Å². The first-order chi connectivity index (χ1) is 8.31. The Labute approximate surface area is 101 Å². The average molecular weight is 229 g/mol. The van der Waals surface area contributed by atoms with Gasteiger partial charge in [0.1, 0.15) is 5.75 Å². The molecular formula is C13H15N3O. The zero-order valence-corrected chi connectivity index (χ0v) is 9.90. The standard InChI is InChI=1S/C13H15N3O/c1-14-11-7-12(9-15-8-11)16-10-3-5-13(17-2)6-4-10/h3-9,14,16H,1-2H3. The van der Waals surface area contributed by atoms with Crippen molar-refractivity contribution in [2.24, 2.45) is 0 Å². The molecule has 0 radical (unpaired) electrons. The van der Waals surface area contributed by atoms with Gasteiger partial charge in [-0.05, 0) is 30.3 Å². The maximum absolute atomic E-state index is 5.11. The summed E-state index contributed by atoms with van der Waals surface area (Å²) in [6.07, 6.45) is 3.56. The fourth-order valence-corrected chi connectivity index (χ4v) is 1.49. The highest BCUT2D eigenvalue weighted by molar-refractivity contribution is 5.63. The molecule has 2 rings (SSSR count). The summed E-state index contributed by atoms with van der Waals surface area (Å²) < 4.78 is 5.11. The summed E-state index contributed by atoms with van der Waals surface area (Å²) >= 11 is 0. The second-order valence-corrected chi connectivity index (χ2v) is 3.57. The van der Waals surface area contributed by atoms with Gasteiger partial charge in [-0.1, -0.05) is 0 Å². The van der Waals surface area contributed by atoms with Gasteiger partial charge >= 0.3 is 0 Å². The lowest BCUT2D eigenvalue weighted by Crippen LogP contribution is -1.94. The number of nitrogens with zero attached hydrogens (tertiary/aromatic N) is 1. The van der Waals surface area contributed by atoms with Crippen molar-refractivity contribution in [2.45, 2.75) is 0 Å². The number of benzene rings is 1. The quantitative estimate of drug-likeness (QED) is 0.846. The Kier molecular flexibility index (Phi) is 3.45. The smallest absolute Gasteiger partial charge is 0.119 e. The Morgan fingerprint density at radius 1 is 1.00 bits per heavy atom. The molecule has 2 aromatic rings. The van der Waals surface area contributed by atoms with Gasteiger partial charge in [0.2, 0.25) is 0 Å². The molecule has 0 unspecified atom stereocenters. The topological polar surface area (TPSA) is 46.2 Å². The molecule has 0 fully saturated rings. The third kappa shape index (κ3) is 2.87. The van der Waals surface area contributed by atoms with Crippen LogP contribution in [-0.2, 0) is 0 Å². The van der Waals surface area contributed by atoms with E-state index in [4.69, 9.17) is 4.74 Å². The first-order valence-electron chi connectivity index (χ1n) is 5.35. The lowest BCUT2D eigenvalue weighted by molar-refractivity contribution is 0.415. The molecule has 0 aliphatic rings. The molecule has 0 atom stereocenters. The third-order valence-electron chi connectivity index (χ3n) is 2.41. The molecule has 1 heterocycles. The van der Waals surface area contributed by atoms with E-state index in [-0.39, 0.29) is 0 Å². The van der Waals surface area contributed by atoms with Crippen LogP contribution < -0.4 is 15.4 Å². The van der Waals surface area contributed by atoms with Crippen LogP contribution in [0, 0.1) is 0 Å². The first kappa shape index (κ1) is 11.3. The van der Waals surface area contributed by atoms with E-state index in [0.29, 0.717) is 0 Å². The van der Waals surface area contributed by atoms with Gasteiger partial charge in [-0.15, -0.1) is 0 Å². The van der Waals surface area contributed by atoms with Gasteiger partial charge in [-0.3, -0.25) is 4.98 Å². The molecule has 1 aromatic heterocycles. The highest BCUT2D eigenvalue weighted by Crippen LogP contribution is 2.20. The van der Waals surface area contributed by atoms with Gasteiger partial charge in [-0.25, -0.2) is 0 Å². The van der Waals surface area contributed by atoms with Crippen molar-refractivity contribution in [3.63, 3.8) is 0 Å². The lowest BCUT2D eigenvalue weighted by Gasteiger charge is -2.08. The third-order valence-corrected chi connectivity index (χ3v) is 2.41. The maximum atomic E-state index is 5.11. The fraction of sp³-hybridized carbons (Fsp3) is 0.154. The van der Waals surface area contributed by atoms with E-state index in [1.165, 1.54) is 0 Å². The van der Waals surface area contributed by atoms with Crippen LogP contribution in [0.25, 0.3) is 0 Å². The average Bonchev–Trinajstić information content (AvgIpc) is 2.40. The summed E-state index contributed by atoms with van der Waals surface area (Å²) in [6, 6.07) is 9.75. The van der Waals surface area contributed by atoms with Crippen molar-refractivity contribution in [1.82, 2.24) is 4.98 Å². The second-order valence-electron chi connectivity index (χ2n) is 3.57. The number of anilines is 3. The summed E-state index contributed by atoms with van der Waals surface area (Å²) in [4.78, 5) is 4.14. The van der Waals surface area contributed by atoms with E-state index in [1.54, 1.807) is 19.5 Å². The van der Waals surface area contributed by atoms with E-state index >= 15 is 0 Å². The minimum absolute atomic E-state index is 0.845. The molecule has 0 spiro atoms. The van der Waals surface area contributed by atoms with Gasteiger partial charge in [0.15, 0.2) is 0 Å². The number of rotatable bonds is 4. The molecule has 4 nitrogen and oxygen atoms in total. The summed E-state index contributed by atoms with van der Waals surface area (Å²) in [5, 5.41) is 6.32. The van der Waals surface area contributed by atoms with E-state index in [0.717, 1.165) is 22.8 Å².